The Morgan fingerprint density at radius 1 is 0.773 bits per heavy atom. The zero-order valence-electron chi connectivity index (χ0n) is 13.0. The molecule has 0 unspecified atom stereocenters. The topological polar surface area (TPSA) is 4.93 Å². The molecule has 0 saturated carbocycles. The van der Waals surface area contributed by atoms with Crippen molar-refractivity contribution in [3.8, 4) is 5.69 Å². The minimum absolute atomic E-state index is 1.08. The maximum atomic E-state index is 2.39. The van der Waals surface area contributed by atoms with Gasteiger partial charge in [-0.2, -0.15) is 0 Å². The van der Waals surface area contributed by atoms with Gasteiger partial charge in [0.1, 0.15) is 0 Å². The lowest BCUT2D eigenvalue weighted by Crippen LogP contribution is -1.95. The molecular formula is C21H19N. The number of hydrogen-bond acceptors (Lipinski definition) is 0. The largest absolute Gasteiger partial charge is 0.309 e. The van der Waals surface area contributed by atoms with E-state index in [1.165, 1.54) is 38.6 Å². The average Bonchev–Trinajstić information content (AvgIpc) is 2.91. The molecule has 0 radical (unpaired) electrons. The van der Waals surface area contributed by atoms with E-state index in [4.69, 9.17) is 0 Å². The Morgan fingerprint density at radius 3 is 2.27 bits per heavy atom. The summed E-state index contributed by atoms with van der Waals surface area (Å²) in [5, 5.41) is 2.65. The third-order valence-electron chi connectivity index (χ3n) is 4.50. The molecule has 1 aromatic heterocycles. The Bertz CT molecular complexity index is 958. The van der Waals surface area contributed by atoms with Crippen molar-refractivity contribution in [3.05, 3.63) is 77.9 Å². The fourth-order valence-corrected chi connectivity index (χ4v) is 3.34. The lowest BCUT2D eigenvalue weighted by molar-refractivity contribution is 1.12. The Morgan fingerprint density at radius 2 is 1.50 bits per heavy atom. The molecule has 22 heavy (non-hydrogen) atoms. The normalized spacial score (nSPS) is 11.4. The van der Waals surface area contributed by atoms with E-state index in [-0.39, 0.29) is 0 Å². The molecule has 0 aliphatic heterocycles. The summed E-state index contributed by atoms with van der Waals surface area (Å²) >= 11 is 0. The molecule has 4 aromatic rings. The van der Waals surface area contributed by atoms with Crippen LogP contribution >= 0.6 is 0 Å². The summed E-state index contributed by atoms with van der Waals surface area (Å²) in [4.78, 5) is 0. The van der Waals surface area contributed by atoms with E-state index in [2.05, 4.69) is 85.1 Å². The first-order chi connectivity index (χ1) is 10.8. The summed E-state index contributed by atoms with van der Waals surface area (Å²) in [7, 11) is 0. The van der Waals surface area contributed by atoms with Crippen molar-refractivity contribution in [2.45, 2.75) is 20.3 Å². The third kappa shape index (κ3) is 1.86. The highest BCUT2D eigenvalue weighted by Crippen LogP contribution is 2.33. The molecule has 0 atom stereocenters. The summed E-state index contributed by atoms with van der Waals surface area (Å²) < 4.78 is 2.39. The molecule has 0 N–H and O–H groups in total. The molecule has 108 valence electrons. The van der Waals surface area contributed by atoms with Crippen molar-refractivity contribution in [2.75, 3.05) is 0 Å². The molecule has 4 rings (SSSR count). The molecular weight excluding hydrogens is 266 g/mol. The predicted molar refractivity (Wildman–Crippen MR) is 94.9 cm³/mol. The zero-order chi connectivity index (χ0) is 15.1. The van der Waals surface area contributed by atoms with Crippen LogP contribution in [0.25, 0.3) is 27.5 Å². The van der Waals surface area contributed by atoms with Gasteiger partial charge in [-0.15, -0.1) is 0 Å². The monoisotopic (exact) mass is 285 g/mol. The minimum Gasteiger partial charge on any atom is -0.309 e. The van der Waals surface area contributed by atoms with Gasteiger partial charge in [-0.3, -0.25) is 0 Å². The Hall–Kier alpha value is -2.54. The van der Waals surface area contributed by atoms with Crippen LogP contribution in [0, 0.1) is 6.92 Å². The standard InChI is InChI=1S/C21H19N/c1-3-16-11-13-17(14-12-16)22-20-10-5-4-8-18(20)19-9-6-7-15(2)21(19)22/h4-14H,3H2,1-2H3. The van der Waals surface area contributed by atoms with E-state index in [9.17, 15) is 0 Å². The second-order valence-electron chi connectivity index (χ2n) is 5.84. The van der Waals surface area contributed by atoms with Gasteiger partial charge in [0, 0.05) is 16.5 Å². The van der Waals surface area contributed by atoms with Gasteiger partial charge in [-0.05, 0) is 42.7 Å². The van der Waals surface area contributed by atoms with Crippen LogP contribution in [0.2, 0.25) is 0 Å². The highest BCUT2D eigenvalue weighted by Gasteiger charge is 2.12. The van der Waals surface area contributed by atoms with E-state index in [0.29, 0.717) is 0 Å². The maximum Gasteiger partial charge on any atom is 0.0570 e. The number of hydrogen-bond donors (Lipinski definition) is 0. The summed E-state index contributed by atoms with van der Waals surface area (Å²) in [6, 6.07) is 24.2. The fraction of sp³-hybridized carbons (Fsp3) is 0.143. The number of rotatable bonds is 2. The molecule has 0 saturated heterocycles. The lowest BCUT2D eigenvalue weighted by Gasteiger charge is -2.10. The summed E-state index contributed by atoms with van der Waals surface area (Å²) in [5.41, 5.74) is 6.51. The molecule has 0 aliphatic carbocycles. The molecule has 0 fully saturated rings. The van der Waals surface area contributed by atoms with Crippen molar-refractivity contribution in [1.29, 1.82) is 0 Å². The second kappa shape index (κ2) is 5.03. The molecule has 0 amide bonds. The quantitative estimate of drug-likeness (QED) is 0.448. The first kappa shape index (κ1) is 13.1. The SMILES string of the molecule is CCc1ccc(-n2c3ccccc3c3cccc(C)c32)cc1. The average molecular weight is 285 g/mol. The van der Waals surface area contributed by atoms with E-state index in [1.54, 1.807) is 0 Å². The van der Waals surface area contributed by atoms with Gasteiger partial charge in [0.2, 0.25) is 0 Å². The van der Waals surface area contributed by atoms with Crippen molar-refractivity contribution >= 4 is 21.8 Å². The number of para-hydroxylation sites is 2. The molecule has 3 aromatic carbocycles. The first-order valence-electron chi connectivity index (χ1n) is 7.87. The first-order valence-corrected chi connectivity index (χ1v) is 7.87. The summed E-state index contributed by atoms with van der Waals surface area (Å²) in [5.74, 6) is 0. The lowest BCUT2D eigenvalue weighted by atomic mass is 10.1. The minimum atomic E-state index is 1.08. The van der Waals surface area contributed by atoms with Gasteiger partial charge in [-0.1, -0.05) is 55.5 Å². The molecule has 1 heteroatoms. The molecule has 0 spiro atoms. The summed E-state index contributed by atoms with van der Waals surface area (Å²) in [6.07, 6.45) is 1.08. The van der Waals surface area contributed by atoms with Gasteiger partial charge < -0.3 is 4.57 Å². The number of fused-ring (bicyclic) bond motifs is 3. The van der Waals surface area contributed by atoms with Crippen molar-refractivity contribution in [3.63, 3.8) is 0 Å². The molecule has 1 heterocycles. The van der Waals surface area contributed by atoms with Crippen LogP contribution in [-0.4, -0.2) is 4.57 Å². The van der Waals surface area contributed by atoms with E-state index < -0.39 is 0 Å². The number of aromatic nitrogens is 1. The molecule has 0 aliphatic rings. The Balaban J connectivity index is 2.13. The fourth-order valence-electron chi connectivity index (χ4n) is 3.34. The van der Waals surface area contributed by atoms with Crippen LogP contribution in [0.1, 0.15) is 18.1 Å². The van der Waals surface area contributed by atoms with Crippen molar-refractivity contribution in [2.24, 2.45) is 0 Å². The van der Waals surface area contributed by atoms with Crippen molar-refractivity contribution < 1.29 is 0 Å². The van der Waals surface area contributed by atoms with E-state index in [1.807, 2.05) is 0 Å². The smallest absolute Gasteiger partial charge is 0.0570 e. The highest BCUT2D eigenvalue weighted by atomic mass is 15.0. The van der Waals surface area contributed by atoms with Crippen LogP contribution in [0.15, 0.2) is 66.7 Å². The van der Waals surface area contributed by atoms with Gasteiger partial charge >= 0.3 is 0 Å². The van der Waals surface area contributed by atoms with Crippen LogP contribution in [0.3, 0.4) is 0 Å². The number of benzene rings is 3. The van der Waals surface area contributed by atoms with Crippen LogP contribution in [0.5, 0.6) is 0 Å². The number of aryl methyl sites for hydroxylation is 2. The van der Waals surface area contributed by atoms with Gasteiger partial charge in [0.15, 0.2) is 0 Å². The summed E-state index contributed by atoms with van der Waals surface area (Å²) in [6.45, 7) is 4.39. The second-order valence-corrected chi connectivity index (χ2v) is 5.84. The van der Waals surface area contributed by atoms with Crippen LogP contribution < -0.4 is 0 Å². The maximum absolute atomic E-state index is 2.39. The van der Waals surface area contributed by atoms with E-state index >= 15 is 0 Å². The van der Waals surface area contributed by atoms with Crippen LogP contribution in [0.4, 0.5) is 0 Å². The zero-order valence-corrected chi connectivity index (χ0v) is 13.0. The predicted octanol–water partition coefficient (Wildman–Crippen LogP) is 5.65. The van der Waals surface area contributed by atoms with Gasteiger partial charge in [-0.25, -0.2) is 0 Å². The Labute approximate surface area is 130 Å². The van der Waals surface area contributed by atoms with Gasteiger partial charge in [0.25, 0.3) is 0 Å². The van der Waals surface area contributed by atoms with Crippen molar-refractivity contribution in [1.82, 2.24) is 4.57 Å². The highest BCUT2D eigenvalue weighted by molar-refractivity contribution is 6.10. The van der Waals surface area contributed by atoms with Crippen LogP contribution in [-0.2, 0) is 6.42 Å². The number of nitrogens with zero attached hydrogens (tertiary/aromatic N) is 1. The Kier molecular flexibility index (Phi) is 3.00. The third-order valence-corrected chi connectivity index (χ3v) is 4.50. The molecule has 1 nitrogen and oxygen atoms in total. The molecule has 0 bridgehead atoms. The van der Waals surface area contributed by atoms with Gasteiger partial charge in [0.05, 0.1) is 11.0 Å². The van der Waals surface area contributed by atoms with E-state index in [0.717, 1.165) is 6.42 Å².